The van der Waals surface area contributed by atoms with E-state index in [2.05, 4.69) is 4.72 Å². The average molecular weight is 477 g/mol. The SMILES string of the molecule is COc1ccccc1[P+](=O)O[C@@H]1Cc2ccccc2[C@@H]1NS(=O)(=O)c1ccc(Cl)cc1. The molecule has 0 bridgehead atoms. The summed E-state index contributed by atoms with van der Waals surface area (Å²) in [5.41, 5.74) is 1.74. The van der Waals surface area contributed by atoms with Crippen LogP contribution in [0, 0.1) is 0 Å². The minimum absolute atomic E-state index is 0.0918. The fraction of sp³-hybridized carbons (Fsp3) is 0.182. The van der Waals surface area contributed by atoms with E-state index in [4.69, 9.17) is 20.9 Å². The predicted octanol–water partition coefficient (Wildman–Crippen LogP) is 4.38. The van der Waals surface area contributed by atoms with Gasteiger partial charge < -0.3 is 4.74 Å². The predicted molar refractivity (Wildman–Crippen MR) is 120 cm³/mol. The molecular weight excluding hydrogens is 457 g/mol. The molecule has 3 aromatic carbocycles. The van der Waals surface area contributed by atoms with E-state index in [-0.39, 0.29) is 4.90 Å². The van der Waals surface area contributed by atoms with E-state index in [0.717, 1.165) is 11.1 Å². The first-order valence-electron chi connectivity index (χ1n) is 9.52. The monoisotopic (exact) mass is 476 g/mol. The molecule has 31 heavy (non-hydrogen) atoms. The lowest BCUT2D eigenvalue weighted by atomic mass is 10.1. The minimum atomic E-state index is -3.86. The highest BCUT2D eigenvalue weighted by atomic mass is 35.5. The minimum Gasteiger partial charge on any atom is -0.492 e. The van der Waals surface area contributed by atoms with Crippen molar-refractivity contribution >= 4 is 35.0 Å². The van der Waals surface area contributed by atoms with Gasteiger partial charge >= 0.3 is 8.03 Å². The summed E-state index contributed by atoms with van der Waals surface area (Å²) in [6.07, 6.45) is -0.215. The molecule has 0 aromatic heterocycles. The maximum atomic E-state index is 13.0. The van der Waals surface area contributed by atoms with Crippen LogP contribution in [0.15, 0.2) is 77.7 Å². The van der Waals surface area contributed by atoms with E-state index in [9.17, 15) is 13.0 Å². The van der Waals surface area contributed by atoms with Crippen LogP contribution in [0.1, 0.15) is 17.2 Å². The van der Waals surface area contributed by atoms with Crippen molar-refractivity contribution in [1.82, 2.24) is 4.72 Å². The van der Waals surface area contributed by atoms with Crippen LogP contribution < -0.4 is 14.8 Å². The third kappa shape index (κ3) is 4.66. The Bertz CT molecular complexity index is 1220. The molecule has 1 N–H and O–H groups in total. The van der Waals surface area contributed by atoms with E-state index in [1.807, 2.05) is 24.3 Å². The molecule has 0 spiro atoms. The fourth-order valence-electron chi connectivity index (χ4n) is 3.61. The summed E-state index contributed by atoms with van der Waals surface area (Å²) in [5.74, 6) is 0.456. The molecule has 1 aliphatic carbocycles. The van der Waals surface area contributed by atoms with E-state index >= 15 is 0 Å². The summed E-state index contributed by atoms with van der Waals surface area (Å²) in [4.78, 5) is 0.0918. The normalized spacial score (nSPS) is 18.5. The van der Waals surface area contributed by atoms with Crippen molar-refractivity contribution in [2.75, 3.05) is 7.11 Å². The molecule has 0 radical (unpaired) electrons. The first-order valence-corrected chi connectivity index (χ1v) is 12.6. The van der Waals surface area contributed by atoms with Crippen molar-refractivity contribution in [2.24, 2.45) is 0 Å². The number of hydrogen-bond donors (Lipinski definition) is 1. The van der Waals surface area contributed by atoms with E-state index in [0.29, 0.717) is 22.5 Å². The molecule has 160 valence electrons. The zero-order valence-corrected chi connectivity index (χ0v) is 19.0. The van der Waals surface area contributed by atoms with Crippen LogP contribution in [0.4, 0.5) is 0 Å². The lowest BCUT2D eigenvalue weighted by Gasteiger charge is -2.18. The number of nitrogens with one attached hydrogen (secondary N) is 1. The van der Waals surface area contributed by atoms with Gasteiger partial charge in [0.1, 0.15) is 6.10 Å². The first-order chi connectivity index (χ1) is 14.9. The van der Waals surface area contributed by atoms with Gasteiger partial charge in [0.25, 0.3) is 5.30 Å². The van der Waals surface area contributed by atoms with Crippen LogP contribution in [0.3, 0.4) is 0 Å². The highest BCUT2D eigenvalue weighted by Gasteiger charge is 2.42. The summed E-state index contributed by atoms with van der Waals surface area (Å²) < 4.78 is 52.9. The van der Waals surface area contributed by atoms with Crippen LogP contribution in [-0.2, 0) is 25.5 Å². The Morgan fingerprint density at radius 3 is 2.42 bits per heavy atom. The summed E-state index contributed by atoms with van der Waals surface area (Å²) in [7, 11) is -4.63. The van der Waals surface area contributed by atoms with Gasteiger partial charge in [-0.05, 0) is 52.1 Å². The lowest BCUT2D eigenvalue weighted by molar-refractivity contribution is 0.193. The summed E-state index contributed by atoms with van der Waals surface area (Å²) in [6, 6.07) is 19.6. The molecule has 0 heterocycles. The Balaban J connectivity index is 1.63. The largest absolute Gasteiger partial charge is 0.553 e. The maximum absolute atomic E-state index is 13.0. The molecule has 9 heteroatoms. The Morgan fingerprint density at radius 2 is 1.68 bits per heavy atom. The average Bonchev–Trinajstić information content (AvgIpc) is 3.10. The van der Waals surface area contributed by atoms with Crippen molar-refractivity contribution in [3.8, 4) is 5.75 Å². The van der Waals surface area contributed by atoms with Gasteiger partial charge in [-0.15, -0.1) is 4.52 Å². The van der Waals surface area contributed by atoms with Gasteiger partial charge in [0.05, 0.1) is 18.0 Å². The fourth-order valence-corrected chi connectivity index (χ4v) is 6.08. The van der Waals surface area contributed by atoms with Gasteiger partial charge in [-0.3, -0.25) is 0 Å². The van der Waals surface area contributed by atoms with Crippen molar-refractivity contribution in [2.45, 2.75) is 23.5 Å². The summed E-state index contributed by atoms with van der Waals surface area (Å²) in [6.45, 7) is 0. The van der Waals surface area contributed by atoms with Crippen molar-refractivity contribution in [3.05, 3.63) is 88.9 Å². The molecule has 4 rings (SSSR count). The molecule has 0 amide bonds. The number of ether oxygens (including phenoxy) is 1. The Kier molecular flexibility index (Phi) is 6.42. The van der Waals surface area contributed by atoms with Gasteiger partial charge in [-0.1, -0.05) is 48.0 Å². The molecule has 3 atom stereocenters. The Morgan fingerprint density at radius 1 is 1.00 bits per heavy atom. The van der Waals surface area contributed by atoms with Crippen molar-refractivity contribution in [1.29, 1.82) is 0 Å². The van der Waals surface area contributed by atoms with Crippen LogP contribution in [0.5, 0.6) is 5.75 Å². The third-order valence-corrected chi connectivity index (χ3v) is 8.04. The molecular formula is C22H20ClNO5PS+. The zero-order chi connectivity index (χ0) is 22.0. The van der Waals surface area contributed by atoms with E-state index < -0.39 is 30.2 Å². The second kappa shape index (κ2) is 9.07. The first kappa shape index (κ1) is 21.9. The Labute approximate surface area is 187 Å². The van der Waals surface area contributed by atoms with Gasteiger partial charge in [0, 0.05) is 11.4 Å². The molecule has 1 aliphatic rings. The third-order valence-electron chi connectivity index (χ3n) is 5.10. The molecule has 0 saturated carbocycles. The van der Waals surface area contributed by atoms with Crippen LogP contribution >= 0.6 is 19.6 Å². The molecule has 0 fully saturated rings. The van der Waals surface area contributed by atoms with E-state index in [1.54, 1.807) is 24.3 Å². The number of benzene rings is 3. The standard InChI is InChI=1S/C22H20ClNO5PS/c1-28-19-8-4-5-9-21(19)30(25)29-20-14-15-6-2-3-7-18(15)22(20)24-31(26,27)17-12-10-16(23)11-13-17/h2-13,20,22,24H,14H2,1H3/q+1/t20-,22+/m1/s1. The number of hydrogen-bond acceptors (Lipinski definition) is 5. The van der Waals surface area contributed by atoms with Crippen molar-refractivity contribution < 1.29 is 22.2 Å². The van der Waals surface area contributed by atoms with Crippen LogP contribution in [0.2, 0.25) is 5.02 Å². The molecule has 6 nitrogen and oxygen atoms in total. The number of rotatable bonds is 7. The second-order valence-electron chi connectivity index (χ2n) is 7.03. The van der Waals surface area contributed by atoms with Gasteiger partial charge in [0.15, 0.2) is 5.75 Å². The summed E-state index contributed by atoms with van der Waals surface area (Å²) >= 11 is 5.88. The number of methoxy groups -OCH3 is 1. The Hall–Kier alpha value is -2.28. The lowest BCUT2D eigenvalue weighted by Crippen LogP contribution is -2.34. The number of halogens is 1. The molecule has 0 aliphatic heterocycles. The quantitative estimate of drug-likeness (QED) is 0.512. The summed E-state index contributed by atoms with van der Waals surface area (Å²) in [5, 5.41) is 0.871. The second-order valence-corrected chi connectivity index (χ2v) is 10.4. The highest BCUT2D eigenvalue weighted by Crippen LogP contribution is 2.40. The molecule has 3 aromatic rings. The van der Waals surface area contributed by atoms with E-state index in [1.165, 1.54) is 31.4 Å². The topological polar surface area (TPSA) is 81.7 Å². The van der Waals surface area contributed by atoms with Gasteiger partial charge in [0.2, 0.25) is 10.0 Å². The molecule has 0 saturated heterocycles. The zero-order valence-electron chi connectivity index (χ0n) is 16.6. The van der Waals surface area contributed by atoms with Crippen molar-refractivity contribution in [3.63, 3.8) is 0 Å². The highest BCUT2D eigenvalue weighted by molar-refractivity contribution is 7.89. The number of fused-ring (bicyclic) bond motifs is 1. The molecule has 1 unspecified atom stereocenters. The maximum Gasteiger partial charge on any atom is 0.553 e. The van der Waals surface area contributed by atoms with Crippen LogP contribution in [0.25, 0.3) is 0 Å². The number of para-hydroxylation sites is 1. The van der Waals surface area contributed by atoms with Crippen LogP contribution in [-0.4, -0.2) is 21.6 Å². The smallest absolute Gasteiger partial charge is 0.492 e. The van der Waals surface area contributed by atoms with Gasteiger partial charge in [-0.25, -0.2) is 13.1 Å². The van der Waals surface area contributed by atoms with Gasteiger partial charge in [-0.2, -0.15) is 0 Å². The number of sulfonamides is 1.